The van der Waals surface area contributed by atoms with Gasteiger partial charge in [0.15, 0.2) is 11.0 Å². The number of piperidine rings is 1. The van der Waals surface area contributed by atoms with Crippen LogP contribution in [0.5, 0.6) is 0 Å². The van der Waals surface area contributed by atoms with Gasteiger partial charge < -0.3 is 25.0 Å². The van der Waals surface area contributed by atoms with Crippen molar-refractivity contribution in [3.63, 3.8) is 0 Å². The van der Waals surface area contributed by atoms with Gasteiger partial charge in [-0.25, -0.2) is 4.79 Å². The largest absolute Gasteiger partial charge is 0.445 e. The molecule has 1 aromatic heterocycles. The quantitative estimate of drug-likeness (QED) is 0.507. The number of ether oxygens (including phenoxy) is 1. The van der Waals surface area contributed by atoms with Gasteiger partial charge in [-0.2, -0.15) is 0 Å². The molecule has 3 heterocycles. The molecule has 2 aliphatic heterocycles. The Kier molecular flexibility index (Phi) is 7.25. The van der Waals surface area contributed by atoms with Gasteiger partial charge in [-0.1, -0.05) is 54.1 Å². The first-order chi connectivity index (χ1) is 17.9. The Balaban J connectivity index is 1.09. The Morgan fingerprint density at radius 2 is 1.70 bits per heavy atom. The fourth-order valence-corrected chi connectivity index (χ4v) is 4.68. The molecule has 2 aromatic carbocycles. The molecule has 9 nitrogen and oxygen atoms in total. The molecule has 0 bridgehead atoms. The zero-order valence-electron chi connectivity index (χ0n) is 20.2. The fraction of sp³-hybridized carbons (Fsp3) is 0.333. The van der Waals surface area contributed by atoms with Crippen molar-refractivity contribution >= 4 is 35.1 Å². The number of carbonyl (C=O) groups excluding carboxylic acids is 2. The minimum atomic E-state index is -1.03. The number of hydrogen-bond donors (Lipinski definition) is 2. The zero-order chi connectivity index (χ0) is 25.8. The summed E-state index contributed by atoms with van der Waals surface area (Å²) in [5, 5.41) is 22.4. The van der Waals surface area contributed by atoms with E-state index in [4.69, 9.17) is 16.3 Å². The number of aromatic nitrogens is 2. The number of hydrogen-bond acceptors (Lipinski definition) is 7. The van der Waals surface area contributed by atoms with Crippen LogP contribution in [0.4, 0.5) is 16.3 Å². The first-order valence-electron chi connectivity index (χ1n) is 12.2. The van der Waals surface area contributed by atoms with E-state index in [-0.39, 0.29) is 24.5 Å². The highest BCUT2D eigenvalue weighted by atomic mass is 35.5. The standard InChI is InChI=1S/C27H28ClN5O4/c28-23-10-11-24(31-30-23)33-16-20(17-33)25(34)29-22-8-6-21(7-9-22)27(36)12-14-32(15-13-27)26(35)37-18-19-4-2-1-3-5-19/h1-11,20,36H,12-18H2,(H,29,34). The average Bonchev–Trinajstić information content (AvgIpc) is 2.89. The molecule has 10 heteroatoms. The summed E-state index contributed by atoms with van der Waals surface area (Å²) < 4.78 is 5.41. The summed E-state index contributed by atoms with van der Waals surface area (Å²) in [7, 11) is 0. The topological polar surface area (TPSA) is 108 Å². The highest BCUT2D eigenvalue weighted by Crippen LogP contribution is 2.34. The highest BCUT2D eigenvalue weighted by Gasteiger charge is 2.36. The van der Waals surface area contributed by atoms with E-state index in [0.29, 0.717) is 55.7 Å². The van der Waals surface area contributed by atoms with Crippen LogP contribution in [-0.2, 0) is 21.7 Å². The Bertz CT molecular complexity index is 1230. The van der Waals surface area contributed by atoms with E-state index in [1.165, 1.54) is 0 Å². The van der Waals surface area contributed by atoms with E-state index in [1.807, 2.05) is 47.4 Å². The SMILES string of the molecule is O=C(Nc1ccc(C2(O)CCN(C(=O)OCc3ccccc3)CC2)cc1)C1CN(c2ccc(Cl)nn2)C1. The second kappa shape index (κ2) is 10.7. The number of aliphatic hydroxyl groups is 1. The smallest absolute Gasteiger partial charge is 0.410 e. The molecule has 0 saturated carbocycles. The lowest BCUT2D eigenvalue weighted by molar-refractivity contribution is -0.120. The summed E-state index contributed by atoms with van der Waals surface area (Å²) in [6.45, 7) is 2.15. The summed E-state index contributed by atoms with van der Waals surface area (Å²) >= 11 is 5.77. The van der Waals surface area contributed by atoms with Crippen LogP contribution in [0.1, 0.15) is 24.0 Å². The molecule has 37 heavy (non-hydrogen) atoms. The van der Waals surface area contributed by atoms with Gasteiger partial charge in [-0.15, -0.1) is 10.2 Å². The molecule has 2 amide bonds. The molecule has 3 aromatic rings. The van der Waals surface area contributed by atoms with Crippen LogP contribution in [0, 0.1) is 5.92 Å². The zero-order valence-corrected chi connectivity index (χ0v) is 21.0. The molecule has 0 aliphatic carbocycles. The van der Waals surface area contributed by atoms with Gasteiger partial charge >= 0.3 is 6.09 Å². The van der Waals surface area contributed by atoms with Crippen molar-refractivity contribution in [1.29, 1.82) is 0 Å². The number of likely N-dealkylation sites (tertiary alicyclic amines) is 1. The highest BCUT2D eigenvalue weighted by molar-refractivity contribution is 6.29. The Morgan fingerprint density at radius 1 is 1.00 bits per heavy atom. The molecule has 2 fully saturated rings. The van der Waals surface area contributed by atoms with Crippen LogP contribution in [0.2, 0.25) is 5.15 Å². The van der Waals surface area contributed by atoms with Crippen LogP contribution < -0.4 is 10.2 Å². The third kappa shape index (κ3) is 5.84. The number of halogens is 1. The van der Waals surface area contributed by atoms with Crippen molar-refractivity contribution in [2.75, 3.05) is 36.4 Å². The number of amides is 2. The predicted molar refractivity (Wildman–Crippen MR) is 139 cm³/mol. The van der Waals surface area contributed by atoms with Crippen molar-refractivity contribution in [3.05, 3.63) is 83.0 Å². The first kappa shape index (κ1) is 25.0. The molecular weight excluding hydrogens is 494 g/mol. The van der Waals surface area contributed by atoms with Crippen LogP contribution in [0.25, 0.3) is 0 Å². The average molecular weight is 522 g/mol. The van der Waals surface area contributed by atoms with Crippen molar-refractivity contribution in [3.8, 4) is 0 Å². The second-order valence-electron chi connectivity index (χ2n) is 9.44. The van der Waals surface area contributed by atoms with E-state index in [1.54, 1.807) is 29.2 Å². The maximum atomic E-state index is 12.6. The van der Waals surface area contributed by atoms with E-state index < -0.39 is 5.60 Å². The maximum Gasteiger partial charge on any atom is 0.410 e. The van der Waals surface area contributed by atoms with Crippen molar-refractivity contribution < 1.29 is 19.4 Å². The van der Waals surface area contributed by atoms with Gasteiger partial charge in [0.05, 0.1) is 11.5 Å². The first-order valence-corrected chi connectivity index (χ1v) is 12.6. The number of nitrogens with one attached hydrogen (secondary N) is 1. The van der Waals surface area contributed by atoms with Crippen LogP contribution in [0.3, 0.4) is 0 Å². The molecule has 0 atom stereocenters. The van der Waals surface area contributed by atoms with Gasteiger partial charge in [-0.05, 0) is 48.2 Å². The summed E-state index contributed by atoms with van der Waals surface area (Å²) in [6, 6.07) is 20.3. The van der Waals surface area contributed by atoms with E-state index in [2.05, 4.69) is 15.5 Å². The normalized spacial score (nSPS) is 17.1. The number of anilines is 2. The molecule has 2 aliphatic rings. The molecule has 2 N–H and O–H groups in total. The molecular formula is C27H28ClN5O4. The van der Waals surface area contributed by atoms with Gasteiger partial charge in [0.2, 0.25) is 5.91 Å². The van der Waals surface area contributed by atoms with Gasteiger partial charge in [-0.3, -0.25) is 4.79 Å². The molecule has 0 unspecified atom stereocenters. The van der Waals surface area contributed by atoms with Gasteiger partial charge in [0, 0.05) is 31.9 Å². The summed E-state index contributed by atoms with van der Waals surface area (Å²) in [6.07, 6.45) is 0.441. The number of rotatable bonds is 6. The fourth-order valence-electron chi connectivity index (χ4n) is 4.58. The van der Waals surface area contributed by atoms with E-state index in [0.717, 1.165) is 11.1 Å². The van der Waals surface area contributed by atoms with Crippen molar-refractivity contribution in [2.24, 2.45) is 5.92 Å². The number of nitrogens with zero attached hydrogens (tertiary/aromatic N) is 4. The third-order valence-corrected chi connectivity index (χ3v) is 7.14. The lowest BCUT2D eigenvalue weighted by Gasteiger charge is -2.39. The van der Waals surface area contributed by atoms with Crippen LogP contribution in [0.15, 0.2) is 66.7 Å². The van der Waals surface area contributed by atoms with Crippen LogP contribution in [-0.4, -0.2) is 58.4 Å². The van der Waals surface area contributed by atoms with Gasteiger partial charge in [0.25, 0.3) is 0 Å². The summed E-state index contributed by atoms with van der Waals surface area (Å²) in [5.41, 5.74) is 1.33. The second-order valence-corrected chi connectivity index (χ2v) is 9.83. The van der Waals surface area contributed by atoms with Gasteiger partial charge in [0.1, 0.15) is 6.61 Å². The molecule has 0 radical (unpaired) electrons. The third-order valence-electron chi connectivity index (χ3n) is 6.94. The van der Waals surface area contributed by atoms with Crippen molar-refractivity contribution in [1.82, 2.24) is 15.1 Å². The summed E-state index contributed by atoms with van der Waals surface area (Å²) in [4.78, 5) is 28.7. The lowest BCUT2D eigenvalue weighted by Crippen LogP contribution is -2.52. The number of benzene rings is 2. The Morgan fingerprint density at radius 3 is 2.35 bits per heavy atom. The van der Waals surface area contributed by atoms with E-state index in [9.17, 15) is 14.7 Å². The molecule has 5 rings (SSSR count). The lowest BCUT2D eigenvalue weighted by atomic mass is 9.84. The minimum absolute atomic E-state index is 0.0630. The molecule has 192 valence electrons. The van der Waals surface area contributed by atoms with Crippen molar-refractivity contribution in [2.45, 2.75) is 25.0 Å². The molecule has 2 saturated heterocycles. The minimum Gasteiger partial charge on any atom is -0.445 e. The summed E-state index contributed by atoms with van der Waals surface area (Å²) in [5.74, 6) is 0.487. The Labute approximate surface area is 220 Å². The van der Waals surface area contributed by atoms with E-state index >= 15 is 0 Å². The monoisotopic (exact) mass is 521 g/mol. The maximum absolute atomic E-state index is 12.6. The molecule has 0 spiro atoms. The Hall–Kier alpha value is -3.69. The van der Waals surface area contributed by atoms with Crippen LogP contribution >= 0.6 is 11.6 Å². The number of carbonyl (C=O) groups is 2. The predicted octanol–water partition coefficient (Wildman–Crippen LogP) is 3.83.